The molecule has 0 unspecified atom stereocenters. The first-order valence-electron chi connectivity index (χ1n) is 8.91. The van der Waals surface area contributed by atoms with Gasteiger partial charge in [0.1, 0.15) is 22.3 Å². The summed E-state index contributed by atoms with van der Waals surface area (Å²) in [6.07, 6.45) is 0. The maximum atomic E-state index is 13.9. The number of nitrogens with one attached hydrogen (secondary N) is 1. The fourth-order valence-corrected chi connectivity index (χ4v) is 4.52. The molecule has 1 heterocycles. The van der Waals surface area contributed by atoms with Crippen LogP contribution in [0.2, 0.25) is 0 Å². The smallest absolute Gasteiger partial charge is 0.246 e. The van der Waals surface area contributed by atoms with Gasteiger partial charge in [0, 0.05) is 31.9 Å². The number of carbonyl (C=O) groups excluding carboxylic acids is 1. The van der Waals surface area contributed by atoms with Crippen molar-refractivity contribution in [2.45, 2.75) is 4.90 Å². The molecule has 1 fully saturated rings. The Morgan fingerprint density at radius 2 is 1.72 bits per heavy atom. The van der Waals surface area contributed by atoms with Crippen LogP contribution in [0, 0.1) is 11.6 Å². The van der Waals surface area contributed by atoms with Crippen molar-refractivity contribution in [2.75, 3.05) is 45.2 Å². The van der Waals surface area contributed by atoms with E-state index in [4.69, 9.17) is 4.74 Å². The average molecular weight is 425 g/mol. The summed E-state index contributed by atoms with van der Waals surface area (Å²) in [5, 5.41) is 2.76. The number of rotatable bonds is 6. The van der Waals surface area contributed by atoms with E-state index in [0.29, 0.717) is 30.6 Å². The minimum Gasteiger partial charge on any atom is -0.497 e. The Bertz CT molecular complexity index is 975. The van der Waals surface area contributed by atoms with Crippen LogP contribution in [0.25, 0.3) is 0 Å². The molecule has 29 heavy (non-hydrogen) atoms. The maximum Gasteiger partial charge on any atom is 0.246 e. The molecule has 0 radical (unpaired) electrons. The second-order valence-electron chi connectivity index (χ2n) is 6.53. The zero-order valence-electron chi connectivity index (χ0n) is 15.8. The van der Waals surface area contributed by atoms with Crippen LogP contribution in [0.15, 0.2) is 47.4 Å². The molecular weight excluding hydrogens is 404 g/mol. The zero-order valence-corrected chi connectivity index (χ0v) is 16.6. The van der Waals surface area contributed by atoms with Gasteiger partial charge in [-0.05, 0) is 42.5 Å². The van der Waals surface area contributed by atoms with Gasteiger partial charge in [0.25, 0.3) is 0 Å². The number of amides is 1. The minimum absolute atomic E-state index is 0.0775. The molecule has 0 spiro atoms. The van der Waals surface area contributed by atoms with Crippen LogP contribution < -0.4 is 10.1 Å². The maximum absolute atomic E-state index is 13.9. The average Bonchev–Trinajstić information content (AvgIpc) is 2.70. The van der Waals surface area contributed by atoms with E-state index < -0.39 is 26.6 Å². The SMILES string of the molecule is COc1ccc(NC(=O)CN2CCN(S(=O)(=O)c3cc(F)ccc3F)CC2)cc1. The van der Waals surface area contributed by atoms with Crippen LogP contribution in [-0.4, -0.2) is 63.4 Å². The van der Waals surface area contributed by atoms with E-state index >= 15 is 0 Å². The van der Waals surface area contributed by atoms with Gasteiger partial charge in [-0.3, -0.25) is 9.69 Å². The van der Waals surface area contributed by atoms with Crippen molar-refractivity contribution in [2.24, 2.45) is 0 Å². The van der Waals surface area contributed by atoms with Gasteiger partial charge in [-0.25, -0.2) is 17.2 Å². The van der Waals surface area contributed by atoms with Crippen molar-refractivity contribution in [3.05, 3.63) is 54.1 Å². The fraction of sp³-hybridized carbons (Fsp3) is 0.316. The molecule has 0 aliphatic carbocycles. The summed E-state index contributed by atoms with van der Waals surface area (Å²) < 4.78 is 58.6. The second-order valence-corrected chi connectivity index (χ2v) is 8.44. The summed E-state index contributed by atoms with van der Waals surface area (Å²) in [4.78, 5) is 13.3. The van der Waals surface area contributed by atoms with Crippen molar-refractivity contribution < 1.29 is 26.7 Å². The van der Waals surface area contributed by atoms with Crippen molar-refractivity contribution in [3.8, 4) is 5.75 Å². The highest BCUT2D eigenvalue weighted by Crippen LogP contribution is 2.22. The highest BCUT2D eigenvalue weighted by molar-refractivity contribution is 7.89. The first-order valence-corrected chi connectivity index (χ1v) is 10.3. The molecule has 3 rings (SSSR count). The molecule has 156 valence electrons. The van der Waals surface area contributed by atoms with Crippen molar-refractivity contribution in [3.63, 3.8) is 0 Å². The molecule has 0 bridgehead atoms. The van der Waals surface area contributed by atoms with Crippen molar-refractivity contribution in [1.29, 1.82) is 0 Å². The van der Waals surface area contributed by atoms with Crippen LogP contribution in [0.3, 0.4) is 0 Å². The lowest BCUT2D eigenvalue weighted by Crippen LogP contribution is -2.50. The van der Waals surface area contributed by atoms with Gasteiger partial charge in [0.15, 0.2) is 0 Å². The molecule has 0 saturated carbocycles. The summed E-state index contributed by atoms with van der Waals surface area (Å²) in [5.74, 6) is -1.37. The Kier molecular flexibility index (Phi) is 6.46. The largest absolute Gasteiger partial charge is 0.497 e. The first-order chi connectivity index (χ1) is 13.8. The Balaban J connectivity index is 1.55. The summed E-state index contributed by atoms with van der Waals surface area (Å²) in [6, 6.07) is 9.23. The highest BCUT2D eigenvalue weighted by atomic mass is 32.2. The van der Waals surface area contributed by atoms with E-state index in [2.05, 4.69) is 5.32 Å². The second kappa shape index (κ2) is 8.85. The summed E-state index contributed by atoms with van der Waals surface area (Å²) in [6.45, 7) is 0.842. The number of benzene rings is 2. The summed E-state index contributed by atoms with van der Waals surface area (Å²) in [5.41, 5.74) is 0.624. The molecule has 1 N–H and O–H groups in total. The Morgan fingerprint density at radius 3 is 2.34 bits per heavy atom. The number of carbonyl (C=O) groups is 1. The number of anilines is 1. The molecule has 1 aliphatic rings. The minimum atomic E-state index is -4.14. The van der Waals surface area contributed by atoms with Gasteiger partial charge in [-0.2, -0.15) is 4.31 Å². The van der Waals surface area contributed by atoms with E-state index in [1.54, 1.807) is 36.3 Å². The van der Waals surface area contributed by atoms with E-state index in [-0.39, 0.29) is 25.5 Å². The van der Waals surface area contributed by atoms with Gasteiger partial charge >= 0.3 is 0 Å². The van der Waals surface area contributed by atoms with Gasteiger partial charge in [-0.1, -0.05) is 0 Å². The molecule has 0 atom stereocenters. The summed E-state index contributed by atoms with van der Waals surface area (Å²) in [7, 11) is -2.59. The number of hydrogen-bond donors (Lipinski definition) is 1. The number of methoxy groups -OCH3 is 1. The van der Waals surface area contributed by atoms with Gasteiger partial charge in [0.2, 0.25) is 15.9 Å². The van der Waals surface area contributed by atoms with Gasteiger partial charge < -0.3 is 10.1 Å². The van der Waals surface area contributed by atoms with Crippen LogP contribution >= 0.6 is 0 Å². The van der Waals surface area contributed by atoms with Crippen LogP contribution in [-0.2, 0) is 14.8 Å². The third-order valence-corrected chi connectivity index (χ3v) is 6.50. The molecule has 0 aromatic heterocycles. The Morgan fingerprint density at radius 1 is 1.07 bits per heavy atom. The molecular formula is C19H21F2N3O4S. The quantitative estimate of drug-likeness (QED) is 0.765. The molecule has 2 aromatic carbocycles. The van der Waals surface area contributed by atoms with Gasteiger partial charge in [0.05, 0.1) is 13.7 Å². The van der Waals surface area contributed by atoms with E-state index in [1.807, 2.05) is 0 Å². The van der Waals surface area contributed by atoms with E-state index in [0.717, 1.165) is 16.4 Å². The lowest BCUT2D eigenvalue weighted by molar-refractivity contribution is -0.117. The monoisotopic (exact) mass is 425 g/mol. The number of nitrogens with zero attached hydrogens (tertiary/aromatic N) is 2. The molecule has 7 nitrogen and oxygen atoms in total. The normalized spacial score (nSPS) is 15.8. The Labute approximate surface area is 167 Å². The lowest BCUT2D eigenvalue weighted by atomic mass is 10.3. The molecule has 2 aromatic rings. The molecule has 10 heteroatoms. The number of piperazine rings is 1. The topological polar surface area (TPSA) is 79.0 Å². The van der Waals surface area contributed by atoms with E-state index in [9.17, 15) is 22.0 Å². The van der Waals surface area contributed by atoms with Crippen LogP contribution in [0.5, 0.6) is 5.75 Å². The van der Waals surface area contributed by atoms with E-state index in [1.165, 1.54) is 0 Å². The third kappa shape index (κ3) is 5.08. The van der Waals surface area contributed by atoms with Crippen LogP contribution in [0.1, 0.15) is 0 Å². The lowest BCUT2D eigenvalue weighted by Gasteiger charge is -2.33. The van der Waals surface area contributed by atoms with Gasteiger partial charge in [-0.15, -0.1) is 0 Å². The zero-order chi connectivity index (χ0) is 21.0. The number of hydrogen-bond acceptors (Lipinski definition) is 5. The summed E-state index contributed by atoms with van der Waals surface area (Å²) >= 11 is 0. The Hall–Kier alpha value is -2.56. The third-order valence-electron chi connectivity index (χ3n) is 4.58. The van der Waals surface area contributed by atoms with Crippen molar-refractivity contribution in [1.82, 2.24) is 9.21 Å². The molecule has 1 aliphatic heterocycles. The predicted octanol–water partition coefficient (Wildman–Crippen LogP) is 1.92. The number of sulfonamides is 1. The number of halogens is 2. The van der Waals surface area contributed by atoms with Crippen LogP contribution in [0.4, 0.5) is 14.5 Å². The standard InChI is InChI=1S/C19H21F2N3O4S/c1-28-16-5-3-15(4-6-16)22-19(25)13-23-8-10-24(11-9-23)29(26,27)18-12-14(20)2-7-17(18)21/h2-7,12H,8-11,13H2,1H3,(H,22,25). The molecule has 1 amide bonds. The molecule has 1 saturated heterocycles. The fourth-order valence-electron chi connectivity index (χ4n) is 3.02. The first kappa shape index (κ1) is 21.2. The number of ether oxygens (including phenoxy) is 1. The highest BCUT2D eigenvalue weighted by Gasteiger charge is 2.31. The predicted molar refractivity (Wildman–Crippen MR) is 103 cm³/mol. The van der Waals surface area contributed by atoms with Crippen molar-refractivity contribution >= 4 is 21.6 Å².